The third-order valence-corrected chi connectivity index (χ3v) is 2.41. The van der Waals surface area contributed by atoms with Gasteiger partial charge in [-0.05, 0) is 18.2 Å². The summed E-state index contributed by atoms with van der Waals surface area (Å²) >= 11 is 0. The summed E-state index contributed by atoms with van der Waals surface area (Å²) in [7, 11) is 0. The highest BCUT2D eigenvalue weighted by molar-refractivity contribution is 5.78. The van der Waals surface area contributed by atoms with Crippen LogP contribution in [-0.2, 0) is 0 Å². The fraction of sp³-hybridized carbons (Fsp3) is 0. The molecule has 0 atom stereocenters. The predicted octanol–water partition coefficient (Wildman–Crippen LogP) is 1.57. The zero-order valence-corrected chi connectivity index (χ0v) is 8.79. The summed E-state index contributed by atoms with van der Waals surface area (Å²) in [5.41, 5.74) is 5.65. The first-order chi connectivity index (χ1) is 8.36. The molecule has 0 aliphatic carbocycles. The molecular weight excluding hydrogens is 218 g/mol. The van der Waals surface area contributed by atoms with Gasteiger partial charge in [0.1, 0.15) is 5.52 Å². The van der Waals surface area contributed by atoms with Crippen LogP contribution in [-0.4, -0.2) is 15.0 Å². The number of nitrogens with one attached hydrogen (secondary N) is 1. The number of hydrogen-bond acceptors (Lipinski definition) is 6. The van der Waals surface area contributed by atoms with Gasteiger partial charge in [0.2, 0.25) is 5.95 Å². The summed E-state index contributed by atoms with van der Waals surface area (Å²) < 4.78 is 5.24. The largest absolute Gasteiger partial charge is 0.443 e. The molecule has 0 aliphatic heterocycles. The lowest BCUT2D eigenvalue weighted by molar-refractivity contribution is 0.602. The van der Waals surface area contributed by atoms with Gasteiger partial charge in [-0.15, -0.1) is 0 Å². The number of nitrogens with two attached hydrogens (primary N) is 1. The number of benzene rings is 1. The SMILES string of the molecule is NNc1nccc(-c2ccc3ncoc3c2)n1. The molecule has 3 rings (SSSR count). The summed E-state index contributed by atoms with van der Waals surface area (Å²) in [6, 6.07) is 7.49. The first-order valence-corrected chi connectivity index (χ1v) is 5.00. The van der Waals surface area contributed by atoms with Gasteiger partial charge >= 0.3 is 0 Å². The summed E-state index contributed by atoms with van der Waals surface area (Å²) in [5.74, 6) is 5.64. The first kappa shape index (κ1) is 9.73. The third kappa shape index (κ3) is 1.70. The Morgan fingerprint density at radius 3 is 3.00 bits per heavy atom. The van der Waals surface area contributed by atoms with Crippen LogP contribution < -0.4 is 11.3 Å². The molecule has 0 unspecified atom stereocenters. The van der Waals surface area contributed by atoms with E-state index in [0.717, 1.165) is 22.4 Å². The third-order valence-electron chi connectivity index (χ3n) is 2.41. The lowest BCUT2D eigenvalue weighted by Gasteiger charge is -2.02. The Hall–Kier alpha value is -2.47. The van der Waals surface area contributed by atoms with E-state index in [9.17, 15) is 0 Å². The monoisotopic (exact) mass is 227 g/mol. The number of hydrazine groups is 1. The molecule has 0 bridgehead atoms. The molecule has 0 saturated heterocycles. The van der Waals surface area contributed by atoms with E-state index < -0.39 is 0 Å². The number of aromatic nitrogens is 3. The van der Waals surface area contributed by atoms with Crippen LogP contribution in [0, 0.1) is 0 Å². The number of fused-ring (bicyclic) bond motifs is 1. The second kappa shape index (κ2) is 3.84. The molecule has 3 aromatic rings. The number of oxazole rings is 1. The van der Waals surface area contributed by atoms with E-state index in [1.807, 2.05) is 18.2 Å². The lowest BCUT2D eigenvalue weighted by Crippen LogP contribution is -2.10. The minimum atomic E-state index is 0.375. The highest BCUT2D eigenvalue weighted by atomic mass is 16.3. The van der Waals surface area contributed by atoms with Gasteiger partial charge in [0.15, 0.2) is 12.0 Å². The molecule has 3 N–H and O–H groups in total. The summed E-state index contributed by atoms with van der Waals surface area (Å²) in [5, 5.41) is 0. The van der Waals surface area contributed by atoms with E-state index in [1.165, 1.54) is 6.39 Å². The van der Waals surface area contributed by atoms with Crippen molar-refractivity contribution in [2.75, 3.05) is 5.43 Å². The Morgan fingerprint density at radius 1 is 1.18 bits per heavy atom. The van der Waals surface area contributed by atoms with Gasteiger partial charge in [0, 0.05) is 11.8 Å². The molecule has 6 nitrogen and oxygen atoms in total. The average Bonchev–Trinajstić information content (AvgIpc) is 2.86. The molecule has 0 fully saturated rings. The smallest absolute Gasteiger partial charge is 0.237 e. The molecule has 2 aromatic heterocycles. The standard InChI is InChI=1S/C11H9N5O/c12-16-11-13-4-3-8(15-11)7-1-2-9-10(5-7)17-6-14-9/h1-6H,12H2,(H,13,15,16). The van der Waals surface area contributed by atoms with Gasteiger partial charge in [0.05, 0.1) is 5.69 Å². The van der Waals surface area contributed by atoms with E-state index in [2.05, 4.69) is 20.4 Å². The second-order valence-corrected chi connectivity index (χ2v) is 3.44. The summed E-state index contributed by atoms with van der Waals surface area (Å²) in [4.78, 5) is 12.3. The lowest BCUT2D eigenvalue weighted by atomic mass is 10.1. The quantitative estimate of drug-likeness (QED) is 0.510. The second-order valence-electron chi connectivity index (χ2n) is 3.44. The van der Waals surface area contributed by atoms with Gasteiger partial charge in [-0.2, -0.15) is 0 Å². The van der Waals surface area contributed by atoms with Crippen molar-refractivity contribution in [3.8, 4) is 11.3 Å². The molecule has 0 saturated carbocycles. The van der Waals surface area contributed by atoms with Gasteiger partial charge in [0.25, 0.3) is 0 Å². The Balaban J connectivity index is 2.12. The highest BCUT2D eigenvalue weighted by Crippen LogP contribution is 2.22. The maximum absolute atomic E-state index is 5.27. The number of anilines is 1. The van der Waals surface area contributed by atoms with E-state index >= 15 is 0 Å². The fourth-order valence-electron chi connectivity index (χ4n) is 1.60. The molecule has 0 radical (unpaired) electrons. The van der Waals surface area contributed by atoms with Crippen LogP contribution in [0.1, 0.15) is 0 Å². The Labute approximate surface area is 96.5 Å². The van der Waals surface area contributed by atoms with Crippen LogP contribution in [0.15, 0.2) is 41.3 Å². The number of nitrogen functional groups attached to an aromatic ring is 1. The van der Waals surface area contributed by atoms with Gasteiger partial charge in [-0.25, -0.2) is 20.8 Å². The maximum Gasteiger partial charge on any atom is 0.237 e. The Morgan fingerprint density at radius 2 is 2.12 bits per heavy atom. The highest BCUT2D eigenvalue weighted by Gasteiger charge is 2.04. The minimum Gasteiger partial charge on any atom is -0.443 e. The van der Waals surface area contributed by atoms with Crippen molar-refractivity contribution in [2.24, 2.45) is 5.84 Å². The van der Waals surface area contributed by atoms with Crippen molar-refractivity contribution in [2.45, 2.75) is 0 Å². The molecule has 0 amide bonds. The number of nitrogens with zero attached hydrogens (tertiary/aromatic N) is 3. The molecule has 0 aliphatic rings. The van der Waals surface area contributed by atoms with Crippen LogP contribution in [0.2, 0.25) is 0 Å². The Kier molecular flexibility index (Phi) is 2.20. The molecule has 17 heavy (non-hydrogen) atoms. The summed E-state index contributed by atoms with van der Waals surface area (Å²) in [6.45, 7) is 0. The zero-order chi connectivity index (χ0) is 11.7. The van der Waals surface area contributed by atoms with Crippen molar-refractivity contribution >= 4 is 17.0 Å². The van der Waals surface area contributed by atoms with Gasteiger partial charge in [-0.3, -0.25) is 5.43 Å². The minimum absolute atomic E-state index is 0.375. The summed E-state index contributed by atoms with van der Waals surface area (Å²) in [6.07, 6.45) is 3.06. The van der Waals surface area contributed by atoms with Crippen LogP contribution in [0.25, 0.3) is 22.4 Å². The zero-order valence-electron chi connectivity index (χ0n) is 8.79. The van der Waals surface area contributed by atoms with Gasteiger partial charge in [-0.1, -0.05) is 6.07 Å². The topological polar surface area (TPSA) is 89.9 Å². The first-order valence-electron chi connectivity index (χ1n) is 5.00. The predicted molar refractivity (Wildman–Crippen MR) is 62.8 cm³/mol. The Bertz CT molecular complexity index is 664. The van der Waals surface area contributed by atoms with E-state index in [1.54, 1.807) is 12.3 Å². The number of rotatable bonds is 2. The van der Waals surface area contributed by atoms with Gasteiger partial charge < -0.3 is 4.42 Å². The maximum atomic E-state index is 5.27. The molecule has 1 aromatic carbocycles. The van der Waals surface area contributed by atoms with Crippen LogP contribution >= 0.6 is 0 Å². The van der Waals surface area contributed by atoms with Crippen molar-refractivity contribution in [3.05, 3.63) is 36.9 Å². The van der Waals surface area contributed by atoms with Crippen LogP contribution in [0.3, 0.4) is 0 Å². The molecule has 0 spiro atoms. The molecule has 2 heterocycles. The van der Waals surface area contributed by atoms with E-state index in [0.29, 0.717) is 5.95 Å². The molecule has 84 valence electrons. The van der Waals surface area contributed by atoms with Crippen molar-refractivity contribution in [3.63, 3.8) is 0 Å². The average molecular weight is 227 g/mol. The normalized spacial score (nSPS) is 10.6. The molecular formula is C11H9N5O. The van der Waals surface area contributed by atoms with Crippen molar-refractivity contribution in [1.29, 1.82) is 0 Å². The van der Waals surface area contributed by atoms with E-state index in [-0.39, 0.29) is 0 Å². The number of hydrogen-bond donors (Lipinski definition) is 2. The van der Waals surface area contributed by atoms with Crippen LogP contribution in [0.5, 0.6) is 0 Å². The van der Waals surface area contributed by atoms with E-state index in [4.69, 9.17) is 10.3 Å². The van der Waals surface area contributed by atoms with Crippen molar-refractivity contribution in [1.82, 2.24) is 15.0 Å². The van der Waals surface area contributed by atoms with Crippen LogP contribution in [0.4, 0.5) is 5.95 Å². The fourth-order valence-corrected chi connectivity index (χ4v) is 1.60. The molecule has 6 heteroatoms. The van der Waals surface area contributed by atoms with Crippen molar-refractivity contribution < 1.29 is 4.42 Å².